The maximum atomic E-state index is 5.56. The fraction of sp³-hybridized carbons (Fsp3) is 0.727. The van der Waals surface area contributed by atoms with E-state index < -0.39 is 0 Å². The van der Waals surface area contributed by atoms with Gasteiger partial charge in [0.15, 0.2) is 0 Å². The third kappa shape index (κ3) is 2.88. The number of nitrogens with zero attached hydrogens (tertiary/aromatic N) is 3. The average Bonchev–Trinajstić information content (AvgIpc) is 2.32. The summed E-state index contributed by atoms with van der Waals surface area (Å²) >= 11 is 0. The molecule has 0 aromatic carbocycles. The molecule has 0 bridgehead atoms. The van der Waals surface area contributed by atoms with E-state index in [0.717, 1.165) is 24.5 Å². The number of rotatable bonds is 3. The van der Waals surface area contributed by atoms with E-state index in [-0.39, 0.29) is 0 Å². The van der Waals surface area contributed by atoms with E-state index in [4.69, 9.17) is 4.74 Å². The number of ether oxygens (including phenoxy) is 1. The van der Waals surface area contributed by atoms with Crippen LogP contribution in [0.3, 0.4) is 0 Å². The van der Waals surface area contributed by atoms with Gasteiger partial charge in [-0.25, -0.2) is 0 Å². The molecule has 1 aliphatic heterocycles. The van der Waals surface area contributed by atoms with Crippen LogP contribution in [0.25, 0.3) is 0 Å². The highest BCUT2D eigenvalue weighted by atomic mass is 16.5. The monoisotopic (exact) mass is 222 g/mol. The SMILES string of the molecule is Cc1nnc(OCC2CCCNC2)nc1C. The fourth-order valence-corrected chi connectivity index (χ4v) is 1.76. The van der Waals surface area contributed by atoms with Gasteiger partial charge in [-0.05, 0) is 33.2 Å². The third-order valence-corrected chi connectivity index (χ3v) is 2.92. The summed E-state index contributed by atoms with van der Waals surface area (Å²) < 4.78 is 5.56. The Kier molecular flexibility index (Phi) is 3.66. The third-order valence-electron chi connectivity index (χ3n) is 2.92. The first kappa shape index (κ1) is 11.3. The van der Waals surface area contributed by atoms with Gasteiger partial charge in [0.05, 0.1) is 18.0 Å². The Balaban J connectivity index is 1.86. The number of piperidine rings is 1. The highest BCUT2D eigenvalue weighted by Gasteiger charge is 2.14. The molecular weight excluding hydrogens is 204 g/mol. The minimum absolute atomic E-state index is 0.397. The molecule has 0 radical (unpaired) electrons. The van der Waals surface area contributed by atoms with Crippen LogP contribution in [0.2, 0.25) is 0 Å². The lowest BCUT2D eigenvalue weighted by Gasteiger charge is -2.22. The normalized spacial score (nSPS) is 20.8. The van der Waals surface area contributed by atoms with Gasteiger partial charge in [-0.15, -0.1) is 5.10 Å². The van der Waals surface area contributed by atoms with E-state index in [1.165, 1.54) is 12.8 Å². The molecule has 88 valence electrons. The Morgan fingerprint density at radius 3 is 2.88 bits per heavy atom. The van der Waals surface area contributed by atoms with Gasteiger partial charge in [0.25, 0.3) is 0 Å². The summed E-state index contributed by atoms with van der Waals surface area (Å²) in [5.74, 6) is 0.568. The second-order valence-corrected chi connectivity index (χ2v) is 4.29. The molecule has 1 N–H and O–H groups in total. The summed E-state index contributed by atoms with van der Waals surface area (Å²) in [4.78, 5) is 4.24. The maximum absolute atomic E-state index is 5.56. The molecule has 2 heterocycles. The molecule has 5 heteroatoms. The highest BCUT2D eigenvalue weighted by molar-refractivity contribution is 5.07. The minimum Gasteiger partial charge on any atom is -0.462 e. The van der Waals surface area contributed by atoms with Crippen LogP contribution in [-0.2, 0) is 0 Å². The van der Waals surface area contributed by atoms with E-state index >= 15 is 0 Å². The Bertz CT molecular complexity index is 350. The lowest BCUT2D eigenvalue weighted by atomic mass is 10.0. The van der Waals surface area contributed by atoms with Crippen molar-refractivity contribution in [3.8, 4) is 6.01 Å². The largest absolute Gasteiger partial charge is 0.462 e. The summed E-state index contributed by atoms with van der Waals surface area (Å²) in [6.07, 6.45) is 2.44. The van der Waals surface area contributed by atoms with Crippen LogP contribution in [0.1, 0.15) is 24.2 Å². The van der Waals surface area contributed by atoms with Gasteiger partial charge in [-0.2, -0.15) is 4.98 Å². The smallest absolute Gasteiger partial charge is 0.335 e. The van der Waals surface area contributed by atoms with Gasteiger partial charge in [0, 0.05) is 12.5 Å². The Labute approximate surface area is 95.6 Å². The second-order valence-electron chi connectivity index (χ2n) is 4.29. The number of hydrogen-bond donors (Lipinski definition) is 1. The second kappa shape index (κ2) is 5.21. The summed E-state index contributed by atoms with van der Waals surface area (Å²) in [7, 11) is 0. The van der Waals surface area contributed by atoms with Crippen molar-refractivity contribution >= 4 is 0 Å². The van der Waals surface area contributed by atoms with Crippen LogP contribution in [0.4, 0.5) is 0 Å². The first-order valence-corrected chi connectivity index (χ1v) is 5.77. The molecule has 1 fully saturated rings. The number of hydrogen-bond acceptors (Lipinski definition) is 5. The van der Waals surface area contributed by atoms with Gasteiger partial charge < -0.3 is 10.1 Å². The lowest BCUT2D eigenvalue weighted by molar-refractivity contribution is 0.202. The maximum Gasteiger partial charge on any atom is 0.335 e. The lowest BCUT2D eigenvalue weighted by Crippen LogP contribution is -2.33. The van der Waals surface area contributed by atoms with Crippen molar-refractivity contribution in [1.29, 1.82) is 0 Å². The zero-order valence-electron chi connectivity index (χ0n) is 9.86. The predicted molar refractivity (Wildman–Crippen MR) is 60.4 cm³/mol. The summed E-state index contributed by atoms with van der Waals surface area (Å²) in [5, 5.41) is 11.3. The Morgan fingerprint density at radius 1 is 1.31 bits per heavy atom. The first-order valence-electron chi connectivity index (χ1n) is 5.77. The number of aryl methyl sites for hydroxylation is 2. The van der Waals surface area contributed by atoms with Gasteiger partial charge in [0.1, 0.15) is 0 Å². The van der Waals surface area contributed by atoms with Crippen LogP contribution in [0.5, 0.6) is 6.01 Å². The average molecular weight is 222 g/mol. The van der Waals surface area contributed by atoms with Crippen LogP contribution in [0.15, 0.2) is 0 Å². The predicted octanol–water partition coefficient (Wildman–Crippen LogP) is 0.867. The number of nitrogens with one attached hydrogen (secondary N) is 1. The van der Waals surface area contributed by atoms with Crippen molar-refractivity contribution in [2.24, 2.45) is 5.92 Å². The van der Waals surface area contributed by atoms with Gasteiger partial charge in [-0.3, -0.25) is 0 Å². The van der Waals surface area contributed by atoms with Crippen LogP contribution < -0.4 is 10.1 Å². The molecule has 1 aromatic heterocycles. The molecule has 0 spiro atoms. The molecule has 1 aliphatic rings. The van der Waals surface area contributed by atoms with Crippen LogP contribution in [-0.4, -0.2) is 34.9 Å². The fourth-order valence-electron chi connectivity index (χ4n) is 1.76. The van der Waals surface area contributed by atoms with Crippen molar-refractivity contribution < 1.29 is 4.74 Å². The van der Waals surface area contributed by atoms with Crippen LogP contribution in [0, 0.1) is 19.8 Å². The quantitative estimate of drug-likeness (QED) is 0.822. The molecule has 1 atom stereocenters. The molecule has 0 aliphatic carbocycles. The summed E-state index contributed by atoms with van der Waals surface area (Å²) in [6, 6.07) is 0.397. The van der Waals surface area contributed by atoms with Crippen LogP contribution >= 0.6 is 0 Å². The first-order chi connectivity index (χ1) is 7.75. The van der Waals surface area contributed by atoms with Gasteiger partial charge in [0.2, 0.25) is 0 Å². The molecule has 1 unspecified atom stereocenters. The summed E-state index contributed by atoms with van der Waals surface area (Å²) in [5.41, 5.74) is 1.73. The molecule has 5 nitrogen and oxygen atoms in total. The Morgan fingerprint density at radius 2 is 2.19 bits per heavy atom. The van der Waals surface area contributed by atoms with Crippen molar-refractivity contribution in [3.63, 3.8) is 0 Å². The zero-order chi connectivity index (χ0) is 11.4. The van der Waals surface area contributed by atoms with Gasteiger partial charge >= 0.3 is 6.01 Å². The molecular formula is C11H18N4O. The number of aromatic nitrogens is 3. The highest BCUT2D eigenvalue weighted by Crippen LogP contribution is 2.12. The molecule has 2 rings (SSSR count). The van der Waals surface area contributed by atoms with Gasteiger partial charge in [-0.1, -0.05) is 5.10 Å². The molecule has 16 heavy (non-hydrogen) atoms. The molecule has 1 saturated heterocycles. The molecule has 1 aromatic rings. The van der Waals surface area contributed by atoms with Crippen molar-refractivity contribution in [2.45, 2.75) is 26.7 Å². The van der Waals surface area contributed by atoms with Crippen molar-refractivity contribution in [1.82, 2.24) is 20.5 Å². The molecule has 0 amide bonds. The van der Waals surface area contributed by atoms with E-state index in [9.17, 15) is 0 Å². The van der Waals surface area contributed by atoms with E-state index in [1.54, 1.807) is 0 Å². The molecule has 0 saturated carbocycles. The van der Waals surface area contributed by atoms with E-state index in [2.05, 4.69) is 20.5 Å². The van der Waals surface area contributed by atoms with E-state index in [0.29, 0.717) is 18.5 Å². The zero-order valence-corrected chi connectivity index (χ0v) is 9.86. The van der Waals surface area contributed by atoms with Crippen molar-refractivity contribution in [2.75, 3.05) is 19.7 Å². The minimum atomic E-state index is 0.397. The Hall–Kier alpha value is -1.23. The van der Waals surface area contributed by atoms with Crippen molar-refractivity contribution in [3.05, 3.63) is 11.4 Å². The standard InChI is InChI=1S/C11H18N4O/c1-8-9(2)14-15-11(13-8)16-7-10-4-3-5-12-6-10/h10,12H,3-7H2,1-2H3. The summed E-state index contributed by atoms with van der Waals surface area (Å²) in [6.45, 7) is 6.64. The topological polar surface area (TPSA) is 59.9 Å². The van der Waals surface area contributed by atoms with E-state index in [1.807, 2.05) is 13.8 Å².